The van der Waals surface area contributed by atoms with E-state index in [0.29, 0.717) is 43.4 Å². The largest absolute Gasteiger partial charge is 0.502 e. The van der Waals surface area contributed by atoms with E-state index in [-0.39, 0.29) is 97.4 Å². The molecule has 7 amide bonds. The molecule has 1 aromatic heterocycles. The average molecular weight is 885 g/mol. The van der Waals surface area contributed by atoms with Gasteiger partial charge in [0.05, 0.1) is 41.6 Å². The molecule has 0 radical (unpaired) electrons. The molecular weight excluding hydrogens is 839 g/mol. The number of amides is 7. The summed E-state index contributed by atoms with van der Waals surface area (Å²) in [6, 6.07) is 7.45. The molecule has 2 unspecified atom stereocenters. The predicted molar refractivity (Wildman–Crippen MR) is 219 cm³/mol. The average Bonchev–Trinajstić information content (AvgIpc) is 3.84. The molecule has 3 fully saturated rings. The van der Waals surface area contributed by atoms with Crippen LogP contribution in [0.15, 0.2) is 41.2 Å². The first-order chi connectivity index (χ1) is 30.7. The molecule has 2 saturated carbocycles. The number of hydrogen-bond donors (Lipinski definition) is 4. The van der Waals surface area contributed by atoms with Crippen LogP contribution >= 0.6 is 0 Å². The lowest BCUT2D eigenvalue weighted by Gasteiger charge is -2.39. The minimum Gasteiger partial charge on any atom is -0.502 e. The number of aromatic nitrogens is 1. The van der Waals surface area contributed by atoms with E-state index in [1.54, 1.807) is 6.07 Å². The zero-order valence-corrected chi connectivity index (χ0v) is 34.7. The number of benzene rings is 2. The Balaban J connectivity index is 0.765. The molecule has 0 bridgehead atoms. The number of nitrogens with zero attached hydrogens (tertiary/aromatic N) is 4. The number of carbonyl (C=O) groups excluding carboxylic acids is 7. The topological polar surface area (TPSA) is 225 Å². The number of imide groups is 2. The quantitative estimate of drug-likeness (QED) is 0.128. The Kier molecular flexibility index (Phi) is 11.1. The van der Waals surface area contributed by atoms with Crippen molar-refractivity contribution in [3.8, 4) is 11.5 Å². The fraction of sp³-hybridized carbons (Fsp3) is 0.467. The van der Waals surface area contributed by atoms with E-state index in [4.69, 9.17) is 4.74 Å². The smallest absolute Gasteiger partial charge is 0.296 e. The van der Waals surface area contributed by atoms with Crippen LogP contribution in [-0.4, -0.2) is 109 Å². The normalized spacial score (nSPS) is 23.6. The molecule has 5 heterocycles. The number of unbranched alkanes of at least 4 members (excludes halogenated alkanes) is 3. The summed E-state index contributed by atoms with van der Waals surface area (Å²) in [4.78, 5) is 108. The first-order valence-corrected chi connectivity index (χ1v) is 21.7. The second-order valence-electron chi connectivity index (χ2n) is 17.4. The lowest BCUT2D eigenvalue weighted by Crippen LogP contribution is -2.54. The summed E-state index contributed by atoms with van der Waals surface area (Å²) in [7, 11) is 0. The SMILES string of the molecule is O=C1CCC(N2C(=O)c3ccc(OCCCCCCC(=O)Nc4cc(CN5CCc6c(c(O)c(=O)n7c6C(=O)N(CC(O)CF)[C@]76CC[C@H]7C[C@H]76)C5=O)ccc4F)cc3C2=O)C(=O)N1. The Labute approximate surface area is 364 Å². The molecule has 4 N–H and O–H groups in total. The van der Waals surface area contributed by atoms with Crippen LogP contribution in [0.1, 0.15) is 117 Å². The van der Waals surface area contributed by atoms with Crippen molar-refractivity contribution >= 4 is 47.0 Å². The number of alkyl halides is 1. The summed E-state index contributed by atoms with van der Waals surface area (Å²) in [5.41, 5.74) is -1.48. The number of anilines is 1. The number of fused-ring (bicyclic) bond motifs is 7. The van der Waals surface area contributed by atoms with E-state index in [1.165, 1.54) is 44.7 Å². The van der Waals surface area contributed by atoms with Crippen molar-refractivity contribution in [2.24, 2.45) is 11.8 Å². The maximum atomic E-state index is 14.9. The highest BCUT2D eigenvalue weighted by atomic mass is 19.1. The third kappa shape index (κ3) is 7.18. The predicted octanol–water partition coefficient (Wildman–Crippen LogP) is 3.13. The molecule has 3 aromatic rings. The van der Waals surface area contributed by atoms with Crippen LogP contribution in [0.2, 0.25) is 0 Å². The summed E-state index contributed by atoms with van der Waals surface area (Å²) in [6.45, 7) is -1.09. The minimum atomic E-state index is -1.46. The standard InChI is InChI=1S/C45H46F2N6O11/c46-20-25(54)22-51-43(62)37-28-13-15-50(42(61)36(28)38(57)44(63)53(37)45(51)14-12-24-18-30(24)45)21-23-6-9-31(47)32(17-23)48-34(55)5-3-1-2-4-16-64-26-7-8-27-29(19-26)41(60)52(40(27)59)33-10-11-35(56)49-39(33)58/h6-9,17,19,24-25,30,33,54,57H,1-5,10-16,18,20-22H2,(H,48,55)(H,49,56,58)/t24-,25?,30+,33?,45+/m0/s1. The number of carbonyl (C=O) groups is 7. The highest BCUT2D eigenvalue weighted by Crippen LogP contribution is 2.64. The summed E-state index contributed by atoms with van der Waals surface area (Å²) < 4.78 is 35.5. The Morgan fingerprint density at radius 3 is 2.45 bits per heavy atom. The van der Waals surface area contributed by atoms with Gasteiger partial charge in [0.2, 0.25) is 17.7 Å². The molecule has 5 atom stereocenters. The highest BCUT2D eigenvalue weighted by molar-refractivity contribution is 6.23. The van der Waals surface area contributed by atoms with Crippen molar-refractivity contribution in [1.82, 2.24) is 24.6 Å². The van der Waals surface area contributed by atoms with Gasteiger partial charge in [0, 0.05) is 37.4 Å². The van der Waals surface area contributed by atoms with Gasteiger partial charge in [-0.1, -0.05) is 18.9 Å². The molecule has 336 valence electrons. The van der Waals surface area contributed by atoms with Gasteiger partial charge in [-0.25, -0.2) is 8.78 Å². The number of aliphatic hydroxyl groups is 1. The molecular formula is C45H46F2N6O11. The minimum absolute atomic E-state index is 0.0133. The zero-order valence-electron chi connectivity index (χ0n) is 34.7. The Morgan fingerprint density at radius 1 is 0.938 bits per heavy atom. The number of aromatic hydroxyl groups is 1. The Hall–Kier alpha value is -6.50. The van der Waals surface area contributed by atoms with Crippen LogP contribution in [0.4, 0.5) is 14.5 Å². The van der Waals surface area contributed by atoms with E-state index in [0.717, 1.165) is 17.7 Å². The van der Waals surface area contributed by atoms with Crippen LogP contribution in [0.5, 0.6) is 11.5 Å². The fourth-order valence-corrected chi connectivity index (χ4v) is 10.4. The van der Waals surface area contributed by atoms with Gasteiger partial charge < -0.3 is 30.1 Å². The lowest BCUT2D eigenvalue weighted by molar-refractivity contribution is -0.136. The zero-order chi connectivity index (χ0) is 45.2. The number of pyridine rings is 1. The van der Waals surface area contributed by atoms with Crippen LogP contribution in [0.3, 0.4) is 0 Å². The van der Waals surface area contributed by atoms with Crippen LogP contribution in [0.25, 0.3) is 0 Å². The van der Waals surface area contributed by atoms with Crippen molar-refractivity contribution in [2.75, 3.05) is 31.7 Å². The van der Waals surface area contributed by atoms with E-state index < -0.39 is 83.0 Å². The summed E-state index contributed by atoms with van der Waals surface area (Å²) in [5, 5.41) is 26.3. The van der Waals surface area contributed by atoms with Gasteiger partial charge in [-0.15, -0.1) is 0 Å². The molecule has 17 nitrogen and oxygen atoms in total. The monoisotopic (exact) mass is 884 g/mol. The summed E-state index contributed by atoms with van der Waals surface area (Å²) in [5.74, 6) is -5.03. The Morgan fingerprint density at radius 2 is 1.72 bits per heavy atom. The molecule has 9 rings (SSSR count). The van der Waals surface area contributed by atoms with Gasteiger partial charge in [0.25, 0.3) is 29.2 Å². The van der Waals surface area contributed by atoms with E-state index >= 15 is 0 Å². The van der Waals surface area contributed by atoms with Gasteiger partial charge >= 0.3 is 0 Å². The number of nitrogens with one attached hydrogen (secondary N) is 2. The molecule has 2 aromatic carbocycles. The van der Waals surface area contributed by atoms with E-state index in [1.807, 2.05) is 0 Å². The number of piperidine rings is 1. The molecule has 64 heavy (non-hydrogen) atoms. The van der Waals surface area contributed by atoms with E-state index in [2.05, 4.69) is 10.6 Å². The van der Waals surface area contributed by atoms with Crippen molar-refractivity contribution < 1.29 is 57.3 Å². The number of β-amino-alcohol motifs (C(OH)–C–C–N with tert-alkyl or cyclic N) is 1. The van der Waals surface area contributed by atoms with Gasteiger partial charge in [-0.3, -0.25) is 53.1 Å². The first-order valence-electron chi connectivity index (χ1n) is 21.7. The molecule has 4 aliphatic heterocycles. The third-order valence-electron chi connectivity index (χ3n) is 13.5. The summed E-state index contributed by atoms with van der Waals surface area (Å²) in [6.07, 6.45) is 3.15. The second kappa shape index (κ2) is 16.6. The number of hydrogen-bond acceptors (Lipinski definition) is 11. The number of aliphatic hydroxyl groups excluding tert-OH is 1. The Bertz CT molecular complexity index is 2600. The van der Waals surface area contributed by atoms with Crippen LogP contribution < -0.4 is 20.9 Å². The van der Waals surface area contributed by atoms with Gasteiger partial charge in [0.15, 0.2) is 5.75 Å². The molecule has 1 saturated heterocycles. The molecule has 6 aliphatic rings. The van der Waals surface area contributed by atoms with Crippen molar-refractivity contribution in [3.63, 3.8) is 0 Å². The van der Waals surface area contributed by atoms with Crippen molar-refractivity contribution in [2.45, 2.75) is 95.0 Å². The number of halogens is 2. The highest BCUT2D eigenvalue weighted by Gasteiger charge is 2.67. The van der Waals surface area contributed by atoms with Gasteiger partial charge in [0.1, 0.15) is 35.6 Å². The van der Waals surface area contributed by atoms with Gasteiger partial charge in [-0.05, 0) is 86.8 Å². The van der Waals surface area contributed by atoms with Crippen LogP contribution in [0, 0.1) is 17.7 Å². The number of ether oxygens (including phenoxy) is 1. The maximum absolute atomic E-state index is 14.9. The van der Waals surface area contributed by atoms with Gasteiger partial charge in [-0.2, -0.15) is 0 Å². The van der Waals surface area contributed by atoms with Crippen molar-refractivity contribution in [1.29, 1.82) is 0 Å². The summed E-state index contributed by atoms with van der Waals surface area (Å²) >= 11 is 0. The third-order valence-corrected chi connectivity index (χ3v) is 13.5. The molecule has 19 heteroatoms. The van der Waals surface area contributed by atoms with Crippen LogP contribution in [-0.2, 0) is 33.0 Å². The lowest BCUT2D eigenvalue weighted by atomic mass is 9.95. The second-order valence-corrected chi connectivity index (χ2v) is 17.4. The molecule has 2 aliphatic carbocycles. The first kappa shape index (κ1) is 42.8. The van der Waals surface area contributed by atoms with Crippen molar-refractivity contribution in [3.05, 3.63) is 86.1 Å². The molecule has 1 spiro atoms. The maximum Gasteiger partial charge on any atom is 0.296 e. The van der Waals surface area contributed by atoms with E-state index in [9.17, 15) is 57.4 Å². The fourth-order valence-electron chi connectivity index (χ4n) is 10.4. The number of rotatable bonds is 15.